The minimum atomic E-state index is -0.487. The molecule has 2 aliphatic heterocycles. The molecule has 2 aromatic carbocycles. The molecule has 0 radical (unpaired) electrons. The van der Waals surface area contributed by atoms with E-state index in [1.165, 1.54) is 0 Å². The number of ether oxygens (including phenoxy) is 2. The molecule has 3 aromatic rings. The summed E-state index contributed by atoms with van der Waals surface area (Å²) in [5, 5.41) is 6.34. The first-order valence-corrected chi connectivity index (χ1v) is 10.6. The van der Waals surface area contributed by atoms with Gasteiger partial charge in [-0.25, -0.2) is 0 Å². The zero-order valence-corrected chi connectivity index (χ0v) is 17.3. The van der Waals surface area contributed by atoms with Crippen LogP contribution in [0.1, 0.15) is 24.0 Å². The van der Waals surface area contributed by atoms with Crippen LogP contribution in [0.3, 0.4) is 0 Å². The number of piperidine rings is 1. The van der Waals surface area contributed by atoms with Crippen LogP contribution in [-0.4, -0.2) is 29.8 Å². The quantitative estimate of drug-likeness (QED) is 0.676. The van der Waals surface area contributed by atoms with Gasteiger partial charge in [0.2, 0.25) is 11.7 Å². The summed E-state index contributed by atoms with van der Waals surface area (Å²) in [6.07, 6.45) is 5.42. The summed E-state index contributed by atoms with van der Waals surface area (Å²) in [5.41, 5.74) is 4.86. The average Bonchev–Trinajstić information content (AvgIpc) is 2.80. The number of aromatic nitrogens is 1. The normalized spacial score (nSPS) is 16.9. The van der Waals surface area contributed by atoms with Crippen LogP contribution in [0.4, 0.5) is 5.69 Å². The molecule has 6 heteroatoms. The molecule has 2 N–H and O–H groups in total. The molecule has 5 rings (SSSR count). The first-order chi connectivity index (χ1) is 15.2. The highest BCUT2D eigenvalue weighted by atomic mass is 16.7. The first-order valence-electron chi connectivity index (χ1n) is 10.6. The standard InChI is InChI=1S/C25H25N3O3/c29-24(14-18-6-10-26-11-7-18)28-22-3-1-2-19(16-22)20-4-5-23-21(15-20)17-30-25(31-23)8-12-27-13-9-25/h1-7,10-11,15-16,27H,8-9,12-14,17H2,(H,28,29). The number of nitrogens with zero attached hydrogens (tertiary/aromatic N) is 1. The van der Waals surface area contributed by atoms with E-state index < -0.39 is 5.79 Å². The van der Waals surface area contributed by atoms with Gasteiger partial charge in [0.05, 0.1) is 13.0 Å². The Morgan fingerprint density at radius 2 is 1.84 bits per heavy atom. The van der Waals surface area contributed by atoms with E-state index in [0.717, 1.165) is 59.6 Å². The van der Waals surface area contributed by atoms with E-state index in [4.69, 9.17) is 9.47 Å². The van der Waals surface area contributed by atoms with Crippen LogP contribution in [0, 0.1) is 0 Å². The summed E-state index contributed by atoms with van der Waals surface area (Å²) < 4.78 is 12.4. The van der Waals surface area contributed by atoms with Gasteiger partial charge in [-0.2, -0.15) is 0 Å². The second-order valence-corrected chi connectivity index (χ2v) is 8.04. The van der Waals surface area contributed by atoms with Gasteiger partial charge in [0, 0.05) is 49.6 Å². The van der Waals surface area contributed by atoms with Crippen LogP contribution < -0.4 is 15.4 Å². The van der Waals surface area contributed by atoms with Crippen LogP contribution in [0.2, 0.25) is 0 Å². The number of benzene rings is 2. The minimum absolute atomic E-state index is 0.0529. The third-order valence-corrected chi connectivity index (χ3v) is 5.81. The molecule has 0 bridgehead atoms. The van der Waals surface area contributed by atoms with Crippen LogP contribution in [0.5, 0.6) is 5.75 Å². The van der Waals surface area contributed by atoms with Gasteiger partial charge in [-0.05, 0) is 53.1 Å². The fraction of sp³-hybridized carbons (Fsp3) is 0.280. The Labute approximate surface area is 181 Å². The van der Waals surface area contributed by atoms with Crippen LogP contribution >= 0.6 is 0 Å². The van der Waals surface area contributed by atoms with Gasteiger partial charge >= 0.3 is 0 Å². The number of amides is 1. The summed E-state index contributed by atoms with van der Waals surface area (Å²) in [6, 6.07) is 17.8. The maximum absolute atomic E-state index is 12.4. The second-order valence-electron chi connectivity index (χ2n) is 8.04. The van der Waals surface area contributed by atoms with Crippen molar-refractivity contribution in [1.82, 2.24) is 10.3 Å². The third kappa shape index (κ3) is 4.45. The van der Waals surface area contributed by atoms with Crippen molar-refractivity contribution >= 4 is 11.6 Å². The number of nitrogens with one attached hydrogen (secondary N) is 2. The largest absolute Gasteiger partial charge is 0.462 e. The lowest BCUT2D eigenvalue weighted by Crippen LogP contribution is -2.49. The monoisotopic (exact) mass is 415 g/mol. The van der Waals surface area contributed by atoms with Crippen molar-refractivity contribution in [2.45, 2.75) is 31.7 Å². The van der Waals surface area contributed by atoms with E-state index in [-0.39, 0.29) is 5.91 Å². The predicted molar refractivity (Wildman–Crippen MR) is 119 cm³/mol. The zero-order valence-electron chi connectivity index (χ0n) is 17.3. The topological polar surface area (TPSA) is 72.5 Å². The molecule has 0 unspecified atom stereocenters. The predicted octanol–water partition coefficient (Wildman–Crippen LogP) is 3.92. The van der Waals surface area contributed by atoms with Crippen molar-refractivity contribution in [3.63, 3.8) is 0 Å². The summed E-state index contributed by atoms with van der Waals surface area (Å²) >= 11 is 0. The molecule has 1 saturated heterocycles. The van der Waals surface area contributed by atoms with Gasteiger partial charge in [0.15, 0.2) is 0 Å². The Morgan fingerprint density at radius 1 is 1.03 bits per heavy atom. The molecule has 2 aliphatic rings. The number of rotatable bonds is 4. The van der Waals surface area contributed by atoms with Crippen LogP contribution in [0.15, 0.2) is 67.0 Å². The Morgan fingerprint density at radius 3 is 2.68 bits per heavy atom. The van der Waals surface area contributed by atoms with Gasteiger partial charge in [-0.15, -0.1) is 0 Å². The van der Waals surface area contributed by atoms with Gasteiger partial charge in [0.25, 0.3) is 0 Å². The molecule has 31 heavy (non-hydrogen) atoms. The van der Waals surface area contributed by atoms with E-state index in [1.807, 2.05) is 42.5 Å². The summed E-state index contributed by atoms with van der Waals surface area (Å²) in [5.74, 6) is 0.361. The van der Waals surface area contributed by atoms with Gasteiger partial charge in [0.1, 0.15) is 5.75 Å². The van der Waals surface area contributed by atoms with E-state index in [9.17, 15) is 4.79 Å². The van der Waals surface area contributed by atoms with Crippen molar-refractivity contribution in [3.05, 3.63) is 78.1 Å². The maximum Gasteiger partial charge on any atom is 0.228 e. The number of hydrogen-bond acceptors (Lipinski definition) is 5. The van der Waals surface area contributed by atoms with E-state index >= 15 is 0 Å². The van der Waals surface area contributed by atoms with Gasteiger partial charge in [-0.1, -0.05) is 18.2 Å². The van der Waals surface area contributed by atoms with Crippen molar-refractivity contribution in [2.24, 2.45) is 0 Å². The molecular formula is C25H25N3O3. The summed E-state index contributed by atoms with van der Waals surface area (Å²) in [4.78, 5) is 16.4. The highest BCUT2D eigenvalue weighted by Crippen LogP contribution is 2.38. The Bertz CT molecular complexity index is 1080. The molecule has 1 fully saturated rings. The van der Waals surface area contributed by atoms with E-state index in [2.05, 4.69) is 27.8 Å². The summed E-state index contributed by atoms with van der Waals surface area (Å²) in [6.45, 7) is 2.37. The molecule has 1 amide bonds. The smallest absolute Gasteiger partial charge is 0.228 e. The molecule has 1 aromatic heterocycles. The second kappa shape index (κ2) is 8.49. The average molecular weight is 415 g/mol. The van der Waals surface area contributed by atoms with E-state index in [0.29, 0.717) is 13.0 Å². The maximum atomic E-state index is 12.4. The zero-order chi connectivity index (χ0) is 21.1. The Hall–Kier alpha value is -3.22. The van der Waals surface area contributed by atoms with E-state index in [1.54, 1.807) is 12.4 Å². The van der Waals surface area contributed by atoms with Gasteiger partial charge in [-0.3, -0.25) is 9.78 Å². The fourth-order valence-electron chi connectivity index (χ4n) is 4.13. The lowest BCUT2D eigenvalue weighted by molar-refractivity contribution is -0.218. The van der Waals surface area contributed by atoms with Crippen molar-refractivity contribution in [1.29, 1.82) is 0 Å². The number of anilines is 1. The number of carbonyl (C=O) groups is 1. The lowest BCUT2D eigenvalue weighted by atomic mass is 9.99. The first kappa shape index (κ1) is 19.7. The number of fused-ring (bicyclic) bond motifs is 1. The third-order valence-electron chi connectivity index (χ3n) is 5.81. The number of pyridine rings is 1. The Kier molecular flexibility index (Phi) is 5.40. The molecule has 0 saturated carbocycles. The lowest BCUT2D eigenvalue weighted by Gasteiger charge is -2.41. The molecule has 0 atom stereocenters. The molecule has 6 nitrogen and oxygen atoms in total. The van der Waals surface area contributed by atoms with Crippen LogP contribution in [-0.2, 0) is 22.6 Å². The minimum Gasteiger partial charge on any atom is -0.462 e. The molecule has 158 valence electrons. The van der Waals surface area contributed by atoms with Crippen molar-refractivity contribution in [3.8, 4) is 16.9 Å². The highest BCUT2D eigenvalue weighted by molar-refractivity contribution is 5.93. The Balaban J connectivity index is 1.30. The highest BCUT2D eigenvalue weighted by Gasteiger charge is 2.38. The molecule has 3 heterocycles. The molecular weight excluding hydrogens is 390 g/mol. The number of carbonyl (C=O) groups excluding carboxylic acids is 1. The molecule has 0 aliphatic carbocycles. The van der Waals surface area contributed by atoms with Crippen molar-refractivity contribution < 1.29 is 14.3 Å². The molecule has 1 spiro atoms. The summed E-state index contributed by atoms with van der Waals surface area (Å²) in [7, 11) is 0. The van der Waals surface area contributed by atoms with Gasteiger partial charge < -0.3 is 20.1 Å². The fourth-order valence-corrected chi connectivity index (χ4v) is 4.13. The number of hydrogen-bond donors (Lipinski definition) is 2. The SMILES string of the molecule is O=C(Cc1ccncc1)Nc1cccc(-c2ccc3c(c2)COC2(CCNCC2)O3)c1. The van der Waals surface area contributed by atoms with Crippen molar-refractivity contribution in [2.75, 3.05) is 18.4 Å². The van der Waals surface area contributed by atoms with Crippen LogP contribution in [0.25, 0.3) is 11.1 Å².